The third-order valence-electron chi connectivity index (χ3n) is 5.41. The van der Waals surface area contributed by atoms with Gasteiger partial charge in [-0.15, -0.1) is 0 Å². The van der Waals surface area contributed by atoms with E-state index in [1.807, 2.05) is 61.5 Å². The molecule has 29 heavy (non-hydrogen) atoms. The Morgan fingerprint density at radius 3 is 2.52 bits per heavy atom. The molecule has 1 atom stereocenters. The molecule has 1 aliphatic rings. The first kappa shape index (κ1) is 20.9. The van der Waals surface area contributed by atoms with Crippen LogP contribution in [0.4, 0.5) is 0 Å². The van der Waals surface area contributed by atoms with E-state index in [2.05, 4.69) is 5.32 Å². The van der Waals surface area contributed by atoms with Crippen LogP contribution in [0.2, 0.25) is 0 Å². The summed E-state index contributed by atoms with van der Waals surface area (Å²) >= 11 is 0. The molecule has 3 rings (SSSR count). The average Bonchev–Trinajstić information content (AvgIpc) is 3.23. The largest absolute Gasteiger partial charge is 0.484 e. The molecule has 0 bridgehead atoms. The standard InChI is InChI=1S/C24H30N2O3/c1-18-9-8-10-20(15-18)16-26(19(2)24(28)25-21-11-6-7-12-21)23(27)17-29-22-13-4-3-5-14-22/h3-5,8-10,13-15,19,21H,6-7,11-12,16-17H2,1-2H3,(H,25,28)/t19-/m1/s1. The highest BCUT2D eigenvalue weighted by atomic mass is 16.5. The second-order valence-corrected chi connectivity index (χ2v) is 7.78. The van der Waals surface area contributed by atoms with Crippen LogP contribution in [0.1, 0.15) is 43.7 Å². The van der Waals surface area contributed by atoms with Crippen molar-refractivity contribution in [2.75, 3.05) is 6.61 Å². The Balaban J connectivity index is 1.70. The van der Waals surface area contributed by atoms with Gasteiger partial charge in [0.2, 0.25) is 5.91 Å². The molecule has 5 heteroatoms. The molecule has 1 aliphatic carbocycles. The maximum absolute atomic E-state index is 13.0. The van der Waals surface area contributed by atoms with Crippen LogP contribution in [0.5, 0.6) is 5.75 Å². The lowest BCUT2D eigenvalue weighted by atomic mass is 10.1. The number of amides is 2. The number of carbonyl (C=O) groups is 2. The van der Waals surface area contributed by atoms with Gasteiger partial charge in [0.05, 0.1) is 0 Å². The average molecular weight is 395 g/mol. The summed E-state index contributed by atoms with van der Waals surface area (Å²) in [5.74, 6) is 0.335. The highest BCUT2D eigenvalue weighted by Crippen LogP contribution is 2.19. The van der Waals surface area contributed by atoms with Gasteiger partial charge in [0, 0.05) is 12.6 Å². The van der Waals surface area contributed by atoms with Gasteiger partial charge in [-0.05, 0) is 44.4 Å². The minimum absolute atomic E-state index is 0.0994. The fourth-order valence-electron chi connectivity index (χ4n) is 3.73. The summed E-state index contributed by atoms with van der Waals surface area (Å²) in [5.41, 5.74) is 2.12. The molecular weight excluding hydrogens is 364 g/mol. The van der Waals surface area contributed by atoms with Crippen LogP contribution >= 0.6 is 0 Å². The van der Waals surface area contributed by atoms with E-state index in [0.29, 0.717) is 12.3 Å². The molecule has 0 aliphatic heterocycles. The zero-order chi connectivity index (χ0) is 20.6. The second kappa shape index (κ2) is 10.1. The minimum Gasteiger partial charge on any atom is -0.484 e. The van der Waals surface area contributed by atoms with E-state index in [-0.39, 0.29) is 24.5 Å². The SMILES string of the molecule is Cc1cccc(CN(C(=O)COc2ccccc2)[C@H](C)C(=O)NC2CCCC2)c1. The Kier molecular flexibility index (Phi) is 7.28. The zero-order valence-corrected chi connectivity index (χ0v) is 17.3. The molecule has 0 spiro atoms. The van der Waals surface area contributed by atoms with Crippen LogP contribution in [-0.4, -0.2) is 35.4 Å². The van der Waals surface area contributed by atoms with Gasteiger partial charge in [-0.3, -0.25) is 9.59 Å². The van der Waals surface area contributed by atoms with Gasteiger partial charge < -0.3 is 15.0 Å². The number of hydrogen-bond donors (Lipinski definition) is 1. The molecule has 154 valence electrons. The Bertz CT molecular complexity index is 816. The fourth-order valence-corrected chi connectivity index (χ4v) is 3.73. The predicted molar refractivity (Wildman–Crippen MR) is 114 cm³/mol. The number of ether oxygens (including phenoxy) is 1. The number of benzene rings is 2. The number of hydrogen-bond acceptors (Lipinski definition) is 3. The lowest BCUT2D eigenvalue weighted by Crippen LogP contribution is -2.50. The summed E-state index contributed by atoms with van der Waals surface area (Å²) in [5, 5.41) is 3.11. The second-order valence-electron chi connectivity index (χ2n) is 7.78. The van der Waals surface area contributed by atoms with E-state index in [1.165, 1.54) is 0 Å². The maximum Gasteiger partial charge on any atom is 0.261 e. The Hall–Kier alpha value is -2.82. The van der Waals surface area contributed by atoms with E-state index in [4.69, 9.17) is 4.74 Å². The van der Waals surface area contributed by atoms with Crippen LogP contribution in [0.15, 0.2) is 54.6 Å². The molecule has 0 saturated heterocycles. The molecule has 0 heterocycles. The number of nitrogens with zero attached hydrogens (tertiary/aromatic N) is 1. The third-order valence-corrected chi connectivity index (χ3v) is 5.41. The summed E-state index contributed by atoms with van der Waals surface area (Å²) in [6.07, 6.45) is 4.33. The van der Waals surface area contributed by atoms with Crippen molar-refractivity contribution in [1.82, 2.24) is 10.2 Å². The Labute approximate surface area is 173 Å². The molecule has 5 nitrogen and oxygen atoms in total. The molecule has 1 N–H and O–H groups in total. The van der Waals surface area contributed by atoms with Gasteiger partial charge in [-0.2, -0.15) is 0 Å². The Morgan fingerprint density at radius 2 is 1.83 bits per heavy atom. The van der Waals surface area contributed by atoms with Gasteiger partial charge in [0.15, 0.2) is 6.61 Å². The van der Waals surface area contributed by atoms with Crippen molar-refractivity contribution in [3.05, 3.63) is 65.7 Å². The first-order chi connectivity index (χ1) is 14.0. The smallest absolute Gasteiger partial charge is 0.261 e. The van der Waals surface area contributed by atoms with Crippen molar-refractivity contribution < 1.29 is 14.3 Å². The monoisotopic (exact) mass is 394 g/mol. The number of nitrogens with one attached hydrogen (secondary N) is 1. The van der Waals surface area contributed by atoms with Crippen LogP contribution in [0, 0.1) is 6.92 Å². The van der Waals surface area contributed by atoms with E-state index < -0.39 is 6.04 Å². The van der Waals surface area contributed by atoms with Crippen LogP contribution in [-0.2, 0) is 16.1 Å². The molecule has 0 radical (unpaired) electrons. The van der Waals surface area contributed by atoms with Gasteiger partial charge in [0.1, 0.15) is 11.8 Å². The summed E-state index contributed by atoms with van der Waals surface area (Å²) in [7, 11) is 0. The van der Waals surface area contributed by atoms with E-state index in [0.717, 1.165) is 36.8 Å². The van der Waals surface area contributed by atoms with Gasteiger partial charge in [-0.1, -0.05) is 60.9 Å². The van der Waals surface area contributed by atoms with E-state index in [9.17, 15) is 9.59 Å². The normalized spacial score (nSPS) is 15.0. The number of rotatable bonds is 8. The highest BCUT2D eigenvalue weighted by molar-refractivity contribution is 5.88. The molecule has 2 aromatic rings. The third kappa shape index (κ3) is 6.08. The van der Waals surface area contributed by atoms with E-state index in [1.54, 1.807) is 11.8 Å². The molecular formula is C24H30N2O3. The molecule has 0 aromatic heterocycles. The molecule has 2 amide bonds. The summed E-state index contributed by atoms with van der Waals surface area (Å²) in [4.78, 5) is 27.5. The summed E-state index contributed by atoms with van der Waals surface area (Å²) in [6, 6.07) is 16.9. The molecule has 0 unspecified atom stereocenters. The summed E-state index contributed by atoms with van der Waals surface area (Å²) in [6.45, 7) is 4.08. The van der Waals surface area contributed by atoms with Crippen molar-refractivity contribution in [1.29, 1.82) is 0 Å². The van der Waals surface area contributed by atoms with E-state index >= 15 is 0 Å². The quantitative estimate of drug-likeness (QED) is 0.740. The Morgan fingerprint density at radius 1 is 1.10 bits per heavy atom. The van der Waals surface area contributed by atoms with Crippen molar-refractivity contribution >= 4 is 11.8 Å². The predicted octanol–water partition coefficient (Wildman–Crippen LogP) is 3.85. The maximum atomic E-state index is 13.0. The lowest BCUT2D eigenvalue weighted by molar-refractivity contribution is -0.142. The molecule has 2 aromatic carbocycles. The van der Waals surface area contributed by atoms with Crippen molar-refractivity contribution in [2.45, 2.75) is 58.2 Å². The highest BCUT2D eigenvalue weighted by Gasteiger charge is 2.28. The van der Waals surface area contributed by atoms with Crippen LogP contribution in [0.25, 0.3) is 0 Å². The van der Waals surface area contributed by atoms with Crippen molar-refractivity contribution in [3.63, 3.8) is 0 Å². The molecule has 1 fully saturated rings. The minimum atomic E-state index is -0.567. The fraction of sp³-hybridized carbons (Fsp3) is 0.417. The lowest BCUT2D eigenvalue weighted by Gasteiger charge is -2.29. The number of aryl methyl sites for hydroxylation is 1. The van der Waals surface area contributed by atoms with Crippen LogP contribution < -0.4 is 10.1 Å². The first-order valence-electron chi connectivity index (χ1n) is 10.4. The van der Waals surface area contributed by atoms with Crippen LogP contribution in [0.3, 0.4) is 0 Å². The van der Waals surface area contributed by atoms with Crippen molar-refractivity contribution in [3.8, 4) is 5.75 Å². The topological polar surface area (TPSA) is 58.6 Å². The zero-order valence-electron chi connectivity index (χ0n) is 17.3. The van der Waals surface area contributed by atoms with Crippen molar-refractivity contribution in [2.24, 2.45) is 0 Å². The van der Waals surface area contributed by atoms with Gasteiger partial charge in [0.25, 0.3) is 5.91 Å². The number of carbonyl (C=O) groups excluding carboxylic acids is 2. The van der Waals surface area contributed by atoms with Gasteiger partial charge in [-0.25, -0.2) is 0 Å². The molecule has 1 saturated carbocycles. The summed E-state index contributed by atoms with van der Waals surface area (Å²) < 4.78 is 5.65. The first-order valence-corrected chi connectivity index (χ1v) is 10.4. The number of para-hydroxylation sites is 1. The van der Waals surface area contributed by atoms with Gasteiger partial charge >= 0.3 is 0 Å².